The SMILES string of the molecule is COc1cccc(CNC(=O)c2ccccc2NC(=O)C(=O)NC2CCCCC2)c1. The summed E-state index contributed by atoms with van der Waals surface area (Å²) in [7, 11) is 1.58. The van der Waals surface area contributed by atoms with E-state index >= 15 is 0 Å². The minimum atomic E-state index is -0.770. The molecule has 1 aliphatic rings. The molecule has 3 rings (SSSR count). The number of benzene rings is 2. The number of hydrogen-bond acceptors (Lipinski definition) is 4. The van der Waals surface area contributed by atoms with Crippen LogP contribution in [0.2, 0.25) is 0 Å². The molecule has 7 nitrogen and oxygen atoms in total. The molecule has 2 aromatic rings. The van der Waals surface area contributed by atoms with Crippen molar-refractivity contribution in [1.29, 1.82) is 0 Å². The molecule has 0 bridgehead atoms. The maximum Gasteiger partial charge on any atom is 0.313 e. The van der Waals surface area contributed by atoms with Crippen molar-refractivity contribution in [2.45, 2.75) is 44.7 Å². The van der Waals surface area contributed by atoms with E-state index in [1.807, 2.05) is 24.3 Å². The molecule has 0 radical (unpaired) electrons. The summed E-state index contributed by atoms with van der Waals surface area (Å²) in [6, 6.07) is 14.1. The molecule has 30 heavy (non-hydrogen) atoms. The summed E-state index contributed by atoms with van der Waals surface area (Å²) in [4.78, 5) is 37.2. The van der Waals surface area contributed by atoms with Crippen molar-refractivity contribution >= 4 is 23.4 Å². The molecule has 3 N–H and O–H groups in total. The number of rotatable bonds is 6. The second-order valence-corrected chi connectivity index (χ2v) is 7.34. The standard InChI is InChI=1S/C23H27N3O4/c1-30-18-11-7-8-16(14-18)15-24-21(27)19-12-5-6-13-20(19)26-23(29)22(28)25-17-9-3-2-4-10-17/h5-8,11-14,17H,2-4,9-10,15H2,1H3,(H,24,27)(H,25,28)(H,26,29). The lowest BCUT2D eigenvalue weighted by atomic mass is 9.95. The number of hydrogen-bond donors (Lipinski definition) is 3. The predicted molar refractivity (Wildman–Crippen MR) is 114 cm³/mol. The first-order chi connectivity index (χ1) is 14.6. The number of methoxy groups -OCH3 is 1. The second-order valence-electron chi connectivity index (χ2n) is 7.34. The quantitative estimate of drug-likeness (QED) is 0.639. The van der Waals surface area contributed by atoms with Gasteiger partial charge in [0, 0.05) is 12.6 Å². The highest BCUT2D eigenvalue weighted by molar-refractivity contribution is 6.40. The Hall–Kier alpha value is -3.35. The largest absolute Gasteiger partial charge is 0.497 e. The van der Waals surface area contributed by atoms with Crippen molar-refractivity contribution in [3.63, 3.8) is 0 Å². The molecule has 1 fully saturated rings. The maximum absolute atomic E-state index is 12.7. The van der Waals surface area contributed by atoms with Crippen LogP contribution in [0.1, 0.15) is 48.0 Å². The summed E-state index contributed by atoms with van der Waals surface area (Å²) in [5.74, 6) is -1.08. The van der Waals surface area contributed by atoms with Gasteiger partial charge in [-0.15, -0.1) is 0 Å². The molecule has 0 heterocycles. The zero-order valence-electron chi connectivity index (χ0n) is 17.1. The molecule has 0 atom stereocenters. The Morgan fingerprint density at radius 2 is 1.73 bits per heavy atom. The third-order valence-corrected chi connectivity index (χ3v) is 5.15. The van der Waals surface area contributed by atoms with Crippen molar-refractivity contribution in [2.24, 2.45) is 0 Å². The summed E-state index contributed by atoms with van der Waals surface area (Å²) in [5, 5.41) is 8.18. The maximum atomic E-state index is 12.7. The molecule has 7 heteroatoms. The zero-order chi connectivity index (χ0) is 21.3. The molecule has 158 valence electrons. The Bertz CT molecular complexity index is 907. The van der Waals surface area contributed by atoms with Gasteiger partial charge >= 0.3 is 11.8 Å². The Morgan fingerprint density at radius 1 is 0.967 bits per heavy atom. The topological polar surface area (TPSA) is 96.5 Å². The normalized spacial score (nSPS) is 13.9. The van der Waals surface area contributed by atoms with E-state index in [1.54, 1.807) is 31.4 Å². The van der Waals surface area contributed by atoms with E-state index in [-0.39, 0.29) is 11.9 Å². The number of amides is 3. The lowest BCUT2D eigenvalue weighted by molar-refractivity contribution is -0.136. The van der Waals surface area contributed by atoms with Gasteiger partial charge in [0.2, 0.25) is 0 Å². The van der Waals surface area contributed by atoms with E-state index in [2.05, 4.69) is 16.0 Å². The molecule has 0 aromatic heterocycles. The second kappa shape index (κ2) is 10.4. The van der Waals surface area contributed by atoms with Crippen LogP contribution in [0.15, 0.2) is 48.5 Å². The molecule has 1 saturated carbocycles. The third-order valence-electron chi connectivity index (χ3n) is 5.15. The number of nitrogens with one attached hydrogen (secondary N) is 3. The lowest BCUT2D eigenvalue weighted by Gasteiger charge is -2.22. The van der Waals surface area contributed by atoms with Crippen molar-refractivity contribution in [3.05, 3.63) is 59.7 Å². The number of ether oxygens (including phenoxy) is 1. The van der Waals surface area contributed by atoms with Gasteiger partial charge in [-0.2, -0.15) is 0 Å². The first-order valence-corrected chi connectivity index (χ1v) is 10.2. The van der Waals surface area contributed by atoms with Crippen molar-refractivity contribution in [3.8, 4) is 5.75 Å². The average Bonchev–Trinajstić information content (AvgIpc) is 2.78. The summed E-state index contributed by atoms with van der Waals surface area (Å²) in [5.41, 5.74) is 1.47. The zero-order valence-corrected chi connectivity index (χ0v) is 17.1. The van der Waals surface area contributed by atoms with E-state index in [4.69, 9.17) is 4.74 Å². The molecule has 0 aliphatic heterocycles. The van der Waals surface area contributed by atoms with Crippen LogP contribution >= 0.6 is 0 Å². The van der Waals surface area contributed by atoms with Gasteiger partial charge in [-0.3, -0.25) is 14.4 Å². The van der Waals surface area contributed by atoms with Crippen molar-refractivity contribution < 1.29 is 19.1 Å². The summed E-state index contributed by atoms with van der Waals surface area (Å²) in [6.07, 6.45) is 5.06. The fourth-order valence-electron chi connectivity index (χ4n) is 3.53. The predicted octanol–water partition coefficient (Wildman–Crippen LogP) is 3.01. The van der Waals surface area contributed by atoms with Crippen LogP contribution in [0, 0.1) is 0 Å². The molecular weight excluding hydrogens is 382 g/mol. The Labute approximate surface area is 176 Å². The van der Waals surface area contributed by atoms with Gasteiger partial charge in [0.1, 0.15) is 5.75 Å². The summed E-state index contributed by atoms with van der Waals surface area (Å²) < 4.78 is 5.19. The molecule has 0 saturated heterocycles. The molecule has 0 unspecified atom stereocenters. The molecule has 2 aromatic carbocycles. The van der Waals surface area contributed by atoms with Gasteiger partial charge in [-0.1, -0.05) is 43.5 Å². The number of para-hydroxylation sites is 1. The minimum absolute atomic E-state index is 0.0402. The smallest absolute Gasteiger partial charge is 0.313 e. The lowest BCUT2D eigenvalue weighted by Crippen LogP contribution is -2.42. The highest BCUT2D eigenvalue weighted by atomic mass is 16.5. The molecule has 1 aliphatic carbocycles. The van der Waals surface area contributed by atoms with Crippen molar-refractivity contribution in [2.75, 3.05) is 12.4 Å². The van der Waals surface area contributed by atoms with Crippen LogP contribution < -0.4 is 20.7 Å². The Kier molecular flexibility index (Phi) is 7.43. The van der Waals surface area contributed by atoms with Gasteiger partial charge in [-0.25, -0.2) is 0 Å². The number of carbonyl (C=O) groups is 3. The van der Waals surface area contributed by atoms with E-state index in [9.17, 15) is 14.4 Å². The average molecular weight is 409 g/mol. The van der Waals surface area contributed by atoms with Gasteiger partial charge in [0.15, 0.2) is 0 Å². The third kappa shape index (κ3) is 5.83. The molecular formula is C23H27N3O4. The van der Waals surface area contributed by atoms with Crippen molar-refractivity contribution in [1.82, 2.24) is 10.6 Å². The monoisotopic (exact) mass is 409 g/mol. The highest BCUT2D eigenvalue weighted by Gasteiger charge is 2.22. The van der Waals surface area contributed by atoms with Gasteiger partial charge in [-0.05, 0) is 42.7 Å². The Morgan fingerprint density at radius 3 is 2.50 bits per heavy atom. The van der Waals surface area contributed by atoms with Crippen LogP contribution in [-0.2, 0) is 16.1 Å². The van der Waals surface area contributed by atoms with Crippen LogP contribution in [-0.4, -0.2) is 30.9 Å². The van der Waals surface area contributed by atoms with Crippen LogP contribution in [0.5, 0.6) is 5.75 Å². The molecule has 0 spiro atoms. The van der Waals surface area contributed by atoms with E-state index in [1.165, 1.54) is 0 Å². The number of carbonyl (C=O) groups excluding carboxylic acids is 3. The van der Waals surface area contributed by atoms with E-state index < -0.39 is 11.8 Å². The fraction of sp³-hybridized carbons (Fsp3) is 0.348. The Balaban J connectivity index is 1.60. The first-order valence-electron chi connectivity index (χ1n) is 10.2. The summed E-state index contributed by atoms with van der Waals surface area (Å²) >= 11 is 0. The number of anilines is 1. The summed E-state index contributed by atoms with van der Waals surface area (Å²) in [6.45, 7) is 0.306. The van der Waals surface area contributed by atoms with Gasteiger partial charge in [0.05, 0.1) is 18.4 Å². The van der Waals surface area contributed by atoms with E-state index in [0.29, 0.717) is 23.5 Å². The minimum Gasteiger partial charge on any atom is -0.497 e. The van der Waals surface area contributed by atoms with E-state index in [0.717, 1.165) is 37.7 Å². The molecule has 3 amide bonds. The van der Waals surface area contributed by atoms with Gasteiger partial charge < -0.3 is 20.7 Å². The van der Waals surface area contributed by atoms with Crippen LogP contribution in [0.4, 0.5) is 5.69 Å². The fourth-order valence-corrected chi connectivity index (χ4v) is 3.53. The van der Waals surface area contributed by atoms with Crippen LogP contribution in [0.3, 0.4) is 0 Å². The first kappa shape index (κ1) is 21.4. The van der Waals surface area contributed by atoms with Gasteiger partial charge in [0.25, 0.3) is 5.91 Å². The highest BCUT2D eigenvalue weighted by Crippen LogP contribution is 2.18. The van der Waals surface area contributed by atoms with Crippen LogP contribution in [0.25, 0.3) is 0 Å².